The van der Waals surface area contributed by atoms with E-state index in [2.05, 4.69) is 0 Å². The quantitative estimate of drug-likeness (QED) is 0.847. The van der Waals surface area contributed by atoms with Crippen molar-refractivity contribution in [2.75, 3.05) is 13.1 Å². The van der Waals surface area contributed by atoms with Gasteiger partial charge in [-0.05, 0) is 50.3 Å². The van der Waals surface area contributed by atoms with Crippen molar-refractivity contribution in [3.05, 3.63) is 29.7 Å². The number of hydrogen-bond donors (Lipinski definition) is 1. The van der Waals surface area contributed by atoms with Gasteiger partial charge < -0.3 is 14.4 Å². The zero-order valence-corrected chi connectivity index (χ0v) is 12.2. The van der Waals surface area contributed by atoms with Crippen LogP contribution in [0.4, 0.5) is 0 Å². The fourth-order valence-electron chi connectivity index (χ4n) is 2.63. The van der Waals surface area contributed by atoms with E-state index in [-0.39, 0.29) is 18.2 Å². The van der Waals surface area contributed by atoms with Crippen molar-refractivity contribution in [3.63, 3.8) is 0 Å². The maximum atomic E-state index is 12.1. The molecule has 0 unspecified atom stereocenters. The summed E-state index contributed by atoms with van der Waals surface area (Å²) < 4.78 is 5.38. The molecule has 0 saturated carbocycles. The van der Waals surface area contributed by atoms with Crippen LogP contribution in [-0.4, -0.2) is 35.0 Å². The molecule has 114 valence electrons. The predicted octanol–water partition coefficient (Wildman–Crippen LogP) is 2.70. The second-order valence-electron chi connectivity index (χ2n) is 5.51. The number of rotatable bonds is 5. The molecule has 2 rings (SSSR count). The van der Waals surface area contributed by atoms with E-state index in [1.165, 1.54) is 6.08 Å². The molecule has 1 aromatic heterocycles. The lowest BCUT2D eigenvalue weighted by Crippen LogP contribution is -2.39. The van der Waals surface area contributed by atoms with Crippen LogP contribution in [0, 0.1) is 12.8 Å². The number of carbonyl (C=O) groups excluding carboxylic acids is 1. The number of hydrogen-bond acceptors (Lipinski definition) is 3. The molecule has 1 N–H and O–H groups in total. The number of carbonyl (C=O) groups is 2. The van der Waals surface area contributed by atoms with Gasteiger partial charge >= 0.3 is 5.97 Å². The highest BCUT2D eigenvalue weighted by Crippen LogP contribution is 2.21. The Morgan fingerprint density at radius 3 is 2.95 bits per heavy atom. The van der Waals surface area contributed by atoms with Gasteiger partial charge in [0.05, 0.1) is 0 Å². The van der Waals surface area contributed by atoms with Crippen molar-refractivity contribution < 1.29 is 19.1 Å². The van der Waals surface area contributed by atoms with E-state index in [0.29, 0.717) is 18.7 Å². The summed E-state index contributed by atoms with van der Waals surface area (Å²) >= 11 is 0. The summed E-state index contributed by atoms with van der Waals surface area (Å²) in [5.74, 6) is 0.961. The summed E-state index contributed by atoms with van der Waals surface area (Å²) in [5.41, 5.74) is 0. The van der Waals surface area contributed by atoms with Gasteiger partial charge in [-0.2, -0.15) is 0 Å². The molecule has 0 spiro atoms. The minimum atomic E-state index is -0.772. The number of aliphatic carboxylic acids is 1. The first-order valence-electron chi connectivity index (χ1n) is 7.30. The van der Waals surface area contributed by atoms with Crippen molar-refractivity contribution in [1.82, 2.24) is 4.90 Å². The molecule has 0 radical (unpaired) electrons. The van der Waals surface area contributed by atoms with Crippen molar-refractivity contribution in [2.45, 2.75) is 32.6 Å². The van der Waals surface area contributed by atoms with Gasteiger partial charge in [-0.15, -0.1) is 0 Å². The monoisotopic (exact) mass is 291 g/mol. The molecule has 1 atom stereocenters. The van der Waals surface area contributed by atoms with E-state index in [0.717, 1.165) is 25.1 Å². The Kier molecular flexibility index (Phi) is 5.20. The van der Waals surface area contributed by atoms with Crippen LogP contribution in [0.25, 0.3) is 6.08 Å². The molecular formula is C16H21NO4. The van der Waals surface area contributed by atoms with Crippen LogP contribution in [0.15, 0.2) is 22.6 Å². The number of carboxylic acids is 1. The van der Waals surface area contributed by atoms with Gasteiger partial charge in [-0.3, -0.25) is 9.59 Å². The van der Waals surface area contributed by atoms with Crippen molar-refractivity contribution in [3.8, 4) is 0 Å². The molecule has 21 heavy (non-hydrogen) atoms. The maximum Gasteiger partial charge on any atom is 0.303 e. The smallest absolute Gasteiger partial charge is 0.303 e. The average molecular weight is 291 g/mol. The van der Waals surface area contributed by atoms with Crippen LogP contribution < -0.4 is 0 Å². The van der Waals surface area contributed by atoms with Gasteiger partial charge in [0.15, 0.2) is 0 Å². The number of aryl methyl sites for hydroxylation is 1. The normalized spacial score (nSPS) is 19.1. The number of nitrogens with zero attached hydrogens (tertiary/aromatic N) is 1. The van der Waals surface area contributed by atoms with Crippen LogP contribution in [0.1, 0.15) is 37.2 Å². The second-order valence-corrected chi connectivity index (χ2v) is 5.51. The predicted molar refractivity (Wildman–Crippen MR) is 78.7 cm³/mol. The zero-order valence-electron chi connectivity index (χ0n) is 12.2. The van der Waals surface area contributed by atoms with Crippen molar-refractivity contribution in [2.24, 2.45) is 5.92 Å². The Labute approximate surface area is 124 Å². The number of amides is 1. The molecule has 1 saturated heterocycles. The third-order valence-corrected chi connectivity index (χ3v) is 3.75. The molecule has 0 aliphatic carbocycles. The van der Waals surface area contributed by atoms with Crippen LogP contribution in [0.5, 0.6) is 0 Å². The minimum absolute atomic E-state index is 0.0379. The van der Waals surface area contributed by atoms with E-state index >= 15 is 0 Å². The number of likely N-dealkylation sites (tertiary alicyclic amines) is 1. The van der Waals surface area contributed by atoms with E-state index in [4.69, 9.17) is 9.52 Å². The van der Waals surface area contributed by atoms with E-state index in [1.807, 2.05) is 19.1 Å². The Morgan fingerprint density at radius 2 is 2.29 bits per heavy atom. The fourth-order valence-corrected chi connectivity index (χ4v) is 2.63. The summed E-state index contributed by atoms with van der Waals surface area (Å²) in [5, 5.41) is 8.73. The van der Waals surface area contributed by atoms with Crippen LogP contribution in [0.3, 0.4) is 0 Å². The fraction of sp³-hybridized carbons (Fsp3) is 0.500. The maximum absolute atomic E-state index is 12.1. The zero-order chi connectivity index (χ0) is 15.2. The summed E-state index contributed by atoms with van der Waals surface area (Å²) in [6, 6.07) is 3.68. The van der Waals surface area contributed by atoms with Crippen LogP contribution in [-0.2, 0) is 9.59 Å². The Balaban J connectivity index is 1.86. The third kappa shape index (κ3) is 4.77. The molecule has 1 aliphatic heterocycles. The number of carboxylic acid groups (broad SMARTS) is 1. The molecule has 5 heteroatoms. The standard InChI is InChI=1S/C16H21NO4/c1-12-4-6-14(21-12)7-8-15(18)17-10-2-3-13(11-17)5-9-16(19)20/h4,6-8,13H,2-3,5,9-11H2,1H3,(H,19,20)/b8-7+/t13-/m1/s1. The Bertz CT molecular complexity index is 532. The molecule has 1 fully saturated rings. The van der Waals surface area contributed by atoms with Crippen molar-refractivity contribution in [1.29, 1.82) is 0 Å². The van der Waals surface area contributed by atoms with Gasteiger partial charge in [-0.25, -0.2) is 0 Å². The first kappa shape index (κ1) is 15.4. The topological polar surface area (TPSA) is 70.8 Å². The summed E-state index contributed by atoms with van der Waals surface area (Å²) in [6.07, 6.45) is 5.95. The van der Waals surface area contributed by atoms with Gasteiger partial charge in [0, 0.05) is 25.6 Å². The molecule has 0 bridgehead atoms. The molecule has 5 nitrogen and oxygen atoms in total. The molecule has 1 amide bonds. The Hall–Kier alpha value is -2.04. The van der Waals surface area contributed by atoms with E-state index < -0.39 is 5.97 Å². The van der Waals surface area contributed by atoms with Gasteiger partial charge in [0.2, 0.25) is 5.91 Å². The first-order chi connectivity index (χ1) is 10.0. The van der Waals surface area contributed by atoms with Gasteiger partial charge in [0.1, 0.15) is 11.5 Å². The number of piperidine rings is 1. The highest BCUT2D eigenvalue weighted by Gasteiger charge is 2.22. The lowest BCUT2D eigenvalue weighted by molar-refractivity contribution is -0.137. The molecule has 1 aliphatic rings. The third-order valence-electron chi connectivity index (χ3n) is 3.75. The van der Waals surface area contributed by atoms with Gasteiger partial charge in [0.25, 0.3) is 0 Å². The minimum Gasteiger partial charge on any atom is -0.481 e. The summed E-state index contributed by atoms with van der Waals surface area (Å²) in [7, 11) is 0. The molecule has 2 heterocycles. The lowest BCUT2D eigenvalue weighted by Gasteiger charge is -2.31. The van der Waals surface area contributed by atoms with Gasteiger partial charge in [-0.1, -0.05) is 0 Å². The van der Waals surface area contributed by atoms with E-state index in [1.54, 1.807) is 11.0 Å². The molecule has 0 aromatic carbocycles. The summed E-state index contributed by atoms with van der Waals surface area (Å²) in [6.45, 7) is 3.24. The Morgan fingerprint density at radius 1 is 1.48 bits per heavy atom. The van der Waals surface area contributed by atoms with Crippen LogP contribution >= 0.6 is 0 Å². The van der Waals surface area contributed by atoms with E-state index in [9.17, 15) is 9.59 Å². The molecule has 1 aromatic rings. The largest absolute Gasteiger partial charge is 0.481 e. The average Bonchev–Trinajstić information content (AvgIpc) is 2.88. The number of furan rings is 1. The SMILES string of the molecule is Cc1ccc(/C=C/C(=O)N2CCC[C@H](CCC(=O)O)C2)o1. The summed E-state index contributed by atoms with van der Waals surface area (Å²) in [4.78, 5) is 24.6. The lowest BCUT2D eigenvalue weighted by atomic mass is 9.93. The highest BCUT2D eigenvalue weighted by atomic mass is 16.4. The van der Waals surface area contributed by atoms with Crippen molar-refractivity contribution >= 4 is 18.0 Å². The second kappa shape index (κ2) is 7.11. The highest BCUT2D eigenvalue weighted by molar-refractivity contribution is 5.91. The van der Waals surface area contributed by atoms with Crippen LogP contribution in [0.2, 0.25) is 0 Å². The molecular weight excluding hydrogens is 270 g/mol. The first-order valence-corrected chi connectivity index (χ1v) is 7.30.